The fourth-order valence-electron chi connectivity index (χ4n) is 1.10. The summed E-state index contributed by atoms with van der Waals surface area (Å²) in [5.41, 5.74) is 6.87. The maximum Gasteiger partial charge on any atom is 0.282 e. The highest BCUT2D eigenvalue weighted by molar-refractivity contribution is 5.97. The highest BCUT2D eigenvalue weighted by atomic mass is 16.6. The van der Waals surface area contributed by atoms with E-state index in [2.05, 4.69) is 0 Å². The third-order valence-corrected chi connectivity index (χ3v) is 1.67. The minimum atomic E-state index is -1.02. The topological polar surface area (TPSA) is 84.0 Å². The van der Waals surface area contributed by atoms with Crippen LogP contribution >= 0.6 is 0 Å². The first-order chi connectivity index (χ1) is 6.04. The van der Waals surface area contributed by atoms with E-state index in [4.69, 9.17) is 5.73 Å². The molecule has 0 aromatic heterocycles. The number of amides is 1. The molecule has 0 saturated carbocycles. The second-order valence-electron chi connectivity index (χ2n) is 2.56. The van der Waals surface area contributed by atoms with E-state index in [0.29, 0.717) is 5.56 Å². The molecule has 1 aromatic rings. The van der Waals surface area contributed by atoms with Gasteiger partial charge in [0.2, 0.25) is 0 Å². The van der Waals surface area contributed by atoms with Crippen LogP contribution in [0.3, 0.4) is 0 Å². The smallest absolute Gasteiger partial charge is 0.267 e. The third kappa shape index (κ3) is 1.64. The Bertz CT molecular complexity index is 374. The summed E-state index contributed by atoms with van der Waals surface area (Å²) in [6.07, 6.45) is 0. The molecule has 0 aliphatic rings. The zero-order valence-electron chi connectivity index (χ0n) is 6.90. The summed E-state index contributed by atoms with van der Waals surface area (Å²) >= 11 is 0. The number of nitrogens with zero attached hydrogens (tertiary/aromatic N) is 1. The lowest BCUT2D eigenvalue weighted by molar-refractivity contribution is -0.385. The molecule has 1 amide bonds. The van der Waals surface area contributed by atoms with E-state index in [1.165, 1.54) is 12.1 Å². The lowest BCUT2D eigenvalue weighted by atomic mass is 10.1. The predicted octanol–water partition coefficient (Wildman–Crippen LogP) is 1.33. The maximum absolute atomic E-state index is 10.8. The minimum Gasteiger partial charge on any atom is -0.267 e. The first-order valence-corrected chi connectivity index (χ1v) is 3.54. The van der Waals surface area contributed by atoms with Crippen molar-refractivity contribution in [2.45, 2.75) is 6.92 Å². The number of hydrogen-bond acceptors (Lipinski definition) is 3. The fourth-order valence-corrected chi connectivity index (χ4v) is 1.10. The SMILES string of the molecule is Cc1cccc([N+](=O)[O-])c1C([NH])=O. The Balaban J connectivity index is 3.43. The number of carbonyl (C=O) groups excluding carboxylic acids is 1. The van der Waals surface area contributed by atoms with Crippen LogP contribution in [-0.2, 0) is 0 Å². The highest BCUT2D eigenvalue weighted by Crippen LogP contribution is 2.20. The van der Waals surface area contributed by atoms with Crippen molar-refractivity contribution >= 4 is 11.6 Å². The van der Waals surface area contributed by atoms with Crippen molar-refractivity contribution < 1.29 is 9.72 Å². The van der Waals surface area contributed by atoms with Crippen molar-refractivity contribution in [1.29, 1.82) is 0 Å². The molecule has 0 aliphatic heterocycles. The average Bonchev–Trinajstić information content (AvgIpc) is 2.02. The van der Waals surface area contributed by atoms with Crippen LogP contribution in [0.1, 0.15) is 15.9 Å². The Morgan fingerprint density at radius 1 is 1.54 bits per heavy atom. The monoisotopic (exact) mass is 179 g/mol. The van der Waals surface area contributed by atoms with Gasteiger partial charge in [-0.3, -0.25) is 20.6 Å². The normalized spacial score (nSPS) is 9.62. The van der Waals surface area contributed by atoms with Crippen molar-refractivity contribution in [1.82, 2.24) is 5.73 Å². The van der Waals surface area contributed by atoms with Crippen LogP contribution in [0.15, 0.2) is 18.2 Å². The molecule has 0 saturated heterocycles. The van der Waals surface area contributed by atoms with Gasteiger partial charge in [-0.05, 0) is 12.5 Å². The summed E-state index contributed by atoms with van der Waals surface area (Å²) < 4.78 is 0. The first-order valence-electron chi connectivity index (χ1n) is 3.54. The van der Waals surface area contributed by atoms with Crippen molar-refractivity contribution in [3.8, 4) is 0 Å². The van der Waals surface area contributed by atoms with Gasteiger partial charge in [0.25, 0.3) is 11.6 Å². The fraction of sp³-hybridized carbons (Fsp3) is 0.125. The summed E-state index contributed by atoms with van der Waals surface area (Å²) in [6.45, 7) is 1.56. The van der Waals surface area contributed by atoms with Crippen LogP contribution in [0.4, 0.5) is 5.69 Å². The zero-order chi connectivity index (χ0) is 10.0. The van der Waals surface area contributed by atoms with Gasteiger partial charge < -0.3 is 0 Å². The van der Waals surface area contributed by atoms with Crippen LogP contribution in [0.5, 0.6) is 0 Å². The van der Waals surface area contributed by atoms with E-state index in [0.717, 1.165) is 0 Å². The largest absolute Gasteiger partial charge is 0.282 e. The van der Waals surface area contributed by atoms with Crippen LogP contribution < -0.4 is 5.73 Å². The Morgan fingerprint density at radius 2 is 2.15 bits per heavy atom. The molecule has 1 radical (unpaired) electrons. The molecule has 1 N–H and O–H groups in total. The van der Waals surface area contributed by atoms with E-state index in [9.17, 15) is 14.9 Å². The number of carbonyl (C=O) groups is 1. The summed E-state index contributed by atoms with van der Waals surface area (Å²) in [5, 5.41) is 10.4. The van der Waals surface area contributed by atoms with Gasteiger partial charge in [-0.25, -0.2) is 0 Å². The Morgan fingerprint density at radius 3 is 2.54 bits per heavy atom. The van der Waals surface area contributed by atoms with E-state index in [-0.39, 0.29) is 11.3 Å². The standard InChI is InChI=1S/C8H7N2O3/c1-5-3-2-4-6(10(12)13)7(5)8(9)11/h2-4,9H,1H3. The van der Waals surface area contributed by atoms with Crippen molar-refractivity contribution in [3.63, 3.8) is 0 Å². The van der Waals surface area contributed by atoms with Gasteiger partial charge in [0, 0.05) is 6.07 Å². The van der Waals surface area contributed by atoms with Gasteiger partial charge in [0.05, 0.1) is 4.92 Å². The quantitative estimate of drug-likeness (QED) is 0.507. The number of benzene rings is 1. The van der Waals surface area contributed by atoms with Crippen molar-refractivity contribution in [3.05, 3.63) is 39.4 Å². The Labute approximate surface area is 74.3 Å². The number of nitro groups is 1. The summed E-state index contributed by atoms with van der Waals surface area (Å²) in [6, 6.07) is 4.27. The second kappa shape index (κ2) is 3.22. The van der Waals surface area contributed by atoms with E-state index < -0.39 is 10.8 Å². The Hall–Kier alpha value is -1.91. The lowest BCUT2D eigenvalue weighted by Gasteiger charge is -2.00. The van der Waals surface area contributed by atoms with Crippen molar-refractivity contribution in [2.24, 2.45) is 0 Å². The number of nitro benzene ring substituents is 1. The molecule has 0 aliphatic carbocycles. The van der Waals surface area contributed by atoms with Crippen LogP contribution in [0.2, 0.25) is 0 Å². The van der Waals surface area contributed by atoms with Gasteiger partial charge in [-0.15, -0.1) is 0 Å². The molecule has 0 spiro atoms. The first kappa shape index (κ1) is 9.18. The lowest BCUT2D eigenvalue weighted by Crippen LogP contribution is -2.06. The number of rotatable bonds is 2. The van der Waals surface area contributed by atoms with E-state index in [1.807, 2.05) is 0 Å². The molecule has 5 heteroatoms. The van der Waals surface area contributed by atoms with Crippen LogP contribution in [0.25, 0.3) is 0 Å². The molecule has 5 nitrogen and oxygen atoms in total. The maximum atomic E-state index is 10.8. The minimum absolute atomic E-state index is 0.132. The highest BCUT2D eigenvalue weighted by Gasteiger charge is 2.19. The molecule has 0 unspecified atom stereocenters. The Kier molecular flexibility index (Phi) is 2.27. The molecular formula is C8H7N2O3. The van der Waals surface area contributed by atoms with Gasteiger partial charge in [-0.1, -0.05) is 12.1 Å². The van der Waals surface area contributed by atoms with Crippen molar-refractivity contribution in [2.75, 3.05) is 0 Å². The van der Waals surface area contributed by atoms with Gasteiger partial charge in [0.15, 0.2) is 0 Å². The van der Waals surface area contributed by atoms with Crippen LogP contribution in [0, 0.1) is 17.0 Å². The molecule has 13 heavy (non-hydrogen) atoms. The molecule has 0 fully saturated rings. The molecule has 1 aromatic carbocycles. The summed E-state index contributed by atoms with van der Waals surface area (Å²) in [7, 11) is 0. The average molecular weight is 179 g/mol. The molecule has 67 valence electrons. The second-order valence-corrected chi connectivity index (χ2v) is 2.56. The third-order valence-electron chi connectivity index (χ3n) is 1.67. The number of hydrogen-bond donors (Lipinski definition) is 0. The summed E-state index contributed by atoms with van der Waals surface area (Å²) in [4.78, 5) is 20.5. The number of nitrogens with one attached hydrogen (secondary N) is 1. The molecular weight excluding hydrogens is 172 g/mol. The van der Waals surface area contributed by atoms with Crippen LogP contribution in [-0.4, -0.2) is 10.8 Å². The zero-order valence-corrected chi connectivity index (χ0v) is 6.90. The molecule has 1 rings (SSSR count). The van der Waals surface area contributed by atoms with E-state index >= 15 is 0 Å². The van der Waals surface area contributed by atoms with E-state index in [1.54, 1.807) is 13.0 Å². The van der Waals surface area contributed by atoms with Gasteiger partial charge in [0.1, 0.15) is 5.56 Å². The van der Waals surface area contributed by atoms with Gasteiger partial charge in [-0.2, -0.15) is 0 Å². The predicted molar refractivity (Wildman–Crippen MR) is 45.3 cm³/mol. The molecule has 0 atom stereocenters. The number of aryl methyl sites for hydroxylation is 1. The molecule has 0 heterocycles. The van der Waals surface area contributed by atoms with Gasteiger partial charge >= 0.3 is 0 Å². The molecule has 0 bridgehead atoms. The summed E-state index contributed by atoms with van der Waals surface area (Å²) in [5.74, 6) is -1.02.